The molecule has 5 nitrogen and oxygen atoms in total. The second kappa shape index (κ2) is 6.69. The molecule has 1 aromatic heterocycles. The van der Waals surface area contributed by atoms with Crippen LogP contribution in [-0.2, 0) is 4.43 Å². The molecule has 0 saturated heterocycles. The molecule has 0 radical (unpaired) electrons. The normalized spacial score (nSPS) is 13.9. The van der Waals surface area contributed by atoms with Gasteiger partial charge in [-0.25, -0.2) is 14.8 Å². The lowest BCUT2D eigenvalue weighted by atomic mass is 10.1. The number of aromatic carboxylic acids is 1. The van der Waals surface area contributed by atoms with Gasteiger partial charge in [0, 0.05) is 5.56 Å². The maximum Gasteiger partial charge on any atom is 0.337 e. The summed E-state index contributed by atoms with van der Waals surface area (Å²) in [7, 11) is -1.94. The molecule has 0 amide bonds. The molecule has 0 bridgehead atoms. The van der Waals surface area contributed by atoms with Crippen LogP contribution in [0.2, 0.25) is 18.1 Å². The predicted octanol–water partition coefficient (Wildman–Crippen LogP) is 5.56. The van der Waals surface area contributed by atoms with Crippen LogP contribution in [0.4, 0.5) is 0 Å². The molecule has 2 aromatic carbocycles. The summed E-state index contributed by atoms with van der Waals surface area (Å²) < 4.78 is 6.55. The molecule has 0 aliphatic heterocycles. The Labute approximate surface area is 160 Å². The van der Waals surface area contributed by atoms with E-state index in [0.717, 1.165) is 11.1 Å². The summed E-state index contributed by atoms with van der Waals surface area (Å²) in [6.07, 6.45) is -0.121. The van der Waals surface area contributed by atoms with Crippen molar-refractivity contribution < 1.29 is 14.3 Å². The Morgan fingerprint density at radius 1 is 1.04 bits per heavy atom. The van der Waals surface area contributed by atoms with Crippen molar-refractivity contribution in [2.24, 2.45) is 0 Å². The fraction of sp³-hybridized carbons (Fsp3) is 0.381. The van der Waals surface area contributed by atoms with Gasteiger partial charge in [-0.2, -0.15) is 0 Å². The van der Waals surface area contributed by atoms with E-state index in [9.17, 15) is 9.90 Å². The molecule has 1 heterocycles. The van der Waals surface area contributed by atoms with Gasteiger partial charge in [0.25, 0.3) is 0 Å². The van der Waals surface area contributed by atoms with E-state index >= 15 is 0 Å². The number of carboxylic acid groups (broad SMARTS) is 1. The molecule has 0 aliphatic rings. The second-order valence-electron chi connectivity index (χ2n) is 8.44. The fourth-order valence-corrected chi connectivity index (χ4v) is 4.29. The Morgan fingerprint density at radius 3 is 2.19 bits per heavy atom. The van der Waals surface area contributed by atoms with Gasteiger partial charge >= 0.3 is 5.97 Å². The van der Waals surface area contributed by atoms with Crippen molar-refractivity contribution in [1.29, 1.82) is 0 Å². The lowest BCUT2D eigenvalue weighted by Gasteiger charge is -2.38. The van der Waals surface area contributed by atoms with Gasteiger partial charge < -0.3 is 9.53 Å². The summed E-state index contributed by atoms with van der Waals surface area (Å²) in [6.45, 7) is 13.2. The van der Waals surface area contributed by atoms with Crippen LogP contribution in [0.5, 0.6) is 0 Å². The average molecular weight is 383 g/mol. The molecule has 0 fully saturated rings. The fourth-order valence-electron chi connectivity index (χ4n) is 2.92. The average Bonchev–Trinajstić information content (AvgIpc) is 2.57. The molecular weight excluding hydrogens is 356 g/mol. The van der Waals surface area contributed by atoms with Crippen LogP contribution >= 0.6 is 0 Å². The van der Waals surface area contributed by atoms with Gasteiger partial charge in [-0.1, -0.05) is 39.0 Å². The number of carbonyl (C=O) groups is 1. The first-order valence-electron chi connectivity index (χ1n) is 9.12. The van der Waals surface area contributed by atoms with Gasteiger partial charge in [0.15, 0.2) is 8.32 Å². The lowest BCUT2D eigenvalue weighted by Crippen LogP contribution is -2.41. The molecule has 3 aromatic rings. The summed E-state index contributed by atoms with van der Waals surface area (Å²) in [6, 6.07) is 10.9. The zero-order valence-electron chi connectivity index (χ0n) is 16.7. The van der Waals surface area contributed by atoms with Crippen LogP contribution < -0.4 is 0 Å². The largest absolute Gasteiger partial charge is 0.478 e. The van der Waals surface area contributed by atoms with Crippen molar-refractivity contribution in [3.05, 3.63) is 47.5 Å². The van der Waals surface area contributed by atoms with Crippen molar-refractivity contribution in [1.82, 2.24) is 9.97 Å². The maximum atomic E-state index is 11.5. The van der Waals surface area contributed by atoms with E-state index in [1.165, 1.54) is 0 Å². The summed E-state index contributed by atoms with van der Waals surface area (Å²) in [5.41, 5.74) is 3.57. The summed E-state index contributed by atoms with van der Waals surface area (Å²) >= 11 is 0. The minimum atomic E-state index is -1.94. The van der Waals surface area contributed by atoms with Crippen LogP contribution in [0.3, 0.4) is 0 Å². The van der Waals surface area contributed by atoms with Gasteiger partial charge in [0.1, 0.15) is 5.52 Å². The Balaban J connectivity index is 2.14. The van der Waals surface area contributed by atoms with Gasteiger partial charge in [0.2, 0.25) is 0 Å². The third kappa shape index (κ3) is 3.59. The maximum absolute atomic E-state index is 11.5. The highest BCUT2D eigenvalue weighted by Crippen LogP contribution is 2.40. The number of aromatic nitrogens is 2. The number of nitrogens with zero attached hydrogens (tertiary/aromatic N) is 2. The van der Waals surface area contributed by atoms with Gasteiger partial charge in [-0.05, 0) is 43.3 Å². The second-order valence-corrected chi connectivity index (χ2v) is 13.2. The molecular formula is C21H26N2O3Si. The van der Waals surface area contributed by atoms with Crippen molar-refractivity contribution in [2.75, 3.05) is 0 Å². The summed E-state index contributed by atoms with van der Waals surface area (Å²) in [4.78, 5) is 20.8. The monoisotopic (exact) mass is 382 g/mol. The van der Waals surface area contributed by atoms with E-state index in [2.05, 4.69) is 45.8 Å². The number of benzene rings is 2. The van der Waals surface area contributed by atoms with E-state index in [-0.39, 0.29) is 16.7 Å². The first-order chi connectivity index (χ1) is 12.5. The number of carboxylic acids is 1. The van der Waals surface area contributed by atoms with Crippen molar-refractivity contribution >= 4 is 36.4 Å². The van der Waals surface area contributed by atoms with Crippen molar-refractivity contribution in [3.8, 4) is 0 Å². The van der Waals surface area contributed by atoms with Crippen LogP contribution in [0.1, 0.15) is 49.7 Å². The van der Waals surface area contributed by atoms with Crippen LogP contribution in [0.25, 0.3) is 22.1 Å². The Hall–Kier alpha value is -2.31. The SMILES string of the molecule is C[C@@H](O[Si](C)(C)C(C)(C)C)c1cccc2nc3c(C(=O)O)cccc3nc12. The van der Waals surface area contributed by atoms with Gasteiger partial charge in [-0.3, -0.25) is 0 Å². The molecule has 0 spiro atoms. The molecule has 142 valence electrons. The zero-order chi connectivity index (χ0) is 20.0. The highest BCUT2D eigenvalue weighted by atomic mass is 28.4. The highest BCUT2D eigenvalue weighted by Gasteiger charge is 2.38. The zero-order valence-corrected chi connectivity index (χ0v) is 17.7. The Kier molecular flexibility index (Phi) is 4.82. The van der Waals surface area contributed by atoms with Crippen molar-refractivity contribution in [2.45, 2.75) is 51.9 Å². The lowest BCUT2D eigenvalue weighted by molar-refractivity contribution is 0.0699. The van der Waals surface area contributed by atoms with E-state index in [4.69, 9.17) is 9.41 Å². The van der Waals surface area contributed by atoms with E-state index < -0.39 is 14.3 Å². The van der Waals surface area contributed by atoms with Crippen LogP contribution in [0, 0.1) is 0 Å². The Morgan fingerprint density at radius 2 is 1.59 bits per heavy atom. The Bertz CT molecular complexity index is 1030. The van der Waals surface area contributed by atoms with E-state index in [0.29, 0.717) is 16.6 Å². The van der Waals surface area contributed by atoms with Crippen molar-refractivity contribution in [3.63, 3.8) is 0 Å². The topological polar surface area (TPSA) is 72.3 Å². The molecule has 0 aliphatic carbocycles. The molecule has 27 heavy (non-hydrogen) atoms. The summed E-state index contributed by atoms with van der Waals surface area (Å²) in [5, 5.41) is 9.53. The molecule has 0 unspecified atom stereocenters. The number of para-hydroxylation sites is 2. The van der Waals surface area contributed by atoms with Gasteiger partial charge in [-0.15, -0.1) is 0 Å². The highest BCUT2D eigenvalue weighted by molar-refractivity contribution is 6.74. The third-order valence-corrected chi connectivity index (χ3v) is 10.0. The minimum absolute atomic E-state index is 0.112. The first kappa shape index (κ1) is 19.4. The number of hydrogen-bond donors (Lipinski definition) is 1. The summed E-state index contributed by atoms with van der Waals surface area (Å²) in [5.74, 6) is -1.000. The molecule has 3 rings (SSSR count). The number of hydrogen-bond acceptors (Lipinski definition) is 4. The van der Waals surface area contributed by atoms with E-state index in [1.807, 2.05) is 18.2 Å². The standard InChI is InChI=1S/C21H26N2O3Si/c1-13(26-27(5,6)21(2,3)4)14-9-7-11-16-18(14)22-17-12-8-10-15(20(24)25)19(17)23-16/h7-13H,1-6H3,(H,24,25)/t13-/m1/s1. The first-order valence-corrected chi connectivity index (χ1v) is 12.0. The molecule has 6 heteroatoms. The quantitative estimate of drug-likeness (QED) is 0.472. The predicted molar refractivity (Wildman–Crippen MR) is 111 cm³/mol. The molecule has 0 saturated carbocycles. The van der Waals surface area contributed by atoms with Crippen LogP contribution in [0.15, 0.2) is 36.4 Å². The van der Waals surface area contributed by atoms with Gasteiger partial charge in [0.05, 0.1) is 28.2 Å². The molecule has 1 atom stereocenters. The number of rotatable bonds is 4. The smallest absolute Gasteiger partial charge is 0.337 e. The minimum Gasteiger partial charge on any atom is -0.478 e. The van der Waals surface area contributed by atoms with Crippen LogP contribution in [-0.4, -0.2) is 29.4 Å². The molecule has 1 N–H and O–H groups in total. The van der Waals surface area contributed by atoms with E-state index in [1.54, 1.807) is 18.2 Å². The number of fused-ring (bicyclic) bond motifs is 2. The third-order valence-electron chi connectivity index (χ3n) is 5.47.